The average molecular weight is 593 g/mol. The van der Waals surface area contributed by atoms with Crippen LogP contribution in [0.25, 0.3) is 0 Å². The minimum Gasteiger partial charge on any atom is -0.506 e. The Morgan fingerprint density at radius 3 is 1.11 bits per heavy atom. The summed E-state index contributed by atoms with van der Waals surface area (Å²) in [6.07, 6.45) is 15.4. The first kappa shape index (κ1) is 26.8. The van der Waals surface area contributed by atoms with Crippen LogP contribution >= 0.6 is 0 Å². The number of anilines is 2. The molecule has 230 valence electrons. The van der Waals surface area contributed by atoms with E-state index in [1.54, 1.807) is 24.3 Å². The lowest BCUT2D eigenvalue weighted by Gasteiger charge is -2.58. The van der Waals surface area contributed by atoms with Crippen LogP contribution in [0.1, 0.15) is 88.2 Å². The van der Waals surface area contributed by atoms with E-state index < -0.39 is 0 Å². The van der Waals surface area contributed by atoms with Gasteiger partial charge in [0, 0.05) is 23.3 Å². The van der Waals surface area contributed by atoms with Crippen molar-refractivity contribution in [2.75, 3.05) is 11.5 Å². The standard InChI is InChI=1S/C38H44N2O4/c39-31-11-27(1-3-33(31)41)43-35-13-30(38-18-24-8-25(19-38)10-26(9-24)20-38)36(44-28-2-4-34(42)32(40)12-28)14-29(35)37-15-21-5-22(16-37)7-23(6-21)17-37/h1-4,11-14,21-26,41-42H,5-10,15-20,39-40H2. The largest absolute Gasteiger partial charge is 0.506 e. The molecule has 0 heterocycles. The molecule has 8 saturated carbocycles. The molecule has 0 spiro atoms. The van der Waals surface area contributed by atoms with Gasteiger partial charge in [0.15, 0.2) is 0 Å². The first-order valence-electron chi connectivity index (χ1n) is 16.9. The lowest BCUT2D eigenvalue weighted by molar-refractivity contribution is -0.00824. The molecular weight excluding hydrogens is 548 g/mol. The molecule has 8 aliphatic rings. The highest BCUT2D eigenvalue weighted by molar-refractivity contribution is 5.60. The van der Waals surface area contributed by atoms with E-state index in [0.717, 1.165) is 47.0 Å². The fraction of sp³-hybridized carbons (Fsp3) is 0.526. The number of phenolic OH excluding ortho intramolecular Hbond substituents is 2. The van der Waals surface area contributed by atoms with Gasteiger partial charge in [-0.3, -0.25) is 0 Å². The molecule has 44 heavy (non-hydrogen) atoms. The normalized spacial score (nSPS) is 36.1. The Balaban J connectivity index is 1.23. The van der Waals surface area contributed by atoms with E-state index in [1.165, 1.54) is 88.2 Å². The number of nitrogens with two attached hydrogens (primary N) is 2. The Morgan fingerprint density at radius 2 is 0.818 bits per heavy atom. The van der Waals surface area contributed by atoms with Gasteiger partial charge in [-0.1, -0.05) is 0 Å². The van der Waals surface area contributed by atoms with Crippen molar-refractivity contribution in [1.29, 1.82) is 0 Å². The SMILES string of the molecule is Nc1cc(Oc2cc(C34CC5CC(CC(C5)C3)C4)c(Oc3ccc(O)c(N)c3)cc2C23CC4CC(CC(C4)C2)C3)ccc1O. The molecule has 0 atom stereocenters. The van der Waals surface area contributed by atoms with E-state index in [-0.39, 0.29) is 22.3 Å². The predicted octanol–water partition coefficient (Wildman–Crippen LogP) is 8.78. The molecule has 0 radical (unpaired) electrons. The molecule has 8 fully saturated rings. The van der Waals surface area contributed by atoms with Gasteiger partial charge in [-0.05, 0) is 160 Å². The summed E-state index contributed by atoms with van der Waals surface area (Å²) in [5, 5.41) is 20.3. The van der Waals surface area contributed by atoms with Crippen molar-refractivity contribution in [2.45, 2.75) is 87.9 Å². The number of hydrogen-bond donors (Lipinski definition) is 4. The van der Waals surface area contributed by atoms with E-state index in [2.05, 4.69) is 12.1 Å². The van der Waals surface area contributed by atoms with Crippen molar-refractivity contribution in [3.63, 3.8) is 0 Å². The molecule has 0 aliphatic heterocycles. The smallest absolute Gasteiger partial charge is 0.138 e. The summed E-state index contributed by atoms with van der Waals surface area (Å²) in [6.45, 7) is 0. The zero-order chi connectivity index (χ0) is 29.8. The fourth-order valence-electron chi connectivity index (χ4n) is 11.9. The highest BCUT2D eigenvalue weighted by Gasteiger charge is 2.55. The molecule has 8 bridgehead atoms. The lowest BCUT2D eigenvalue weighted by Crippen LogP contribution is -2.49. The second-order valence-corrected chi connectivity index (χ2v) is 15.9. The van der Waals surface area contributed by atoms with Crippen LogP contribution in [-0.4, -0.2) is 10.2 Å². The molecule has 3 aromatic carbocycles. The lowest BCUT2D eigenvalue weighted by atomic mass is 9.47. The van der Waals surface area contributed by atoms with Gasteiger partial charge >= 0.3 is 0 Å². The summed E-state index contributed by atoms with van der Waals surface area (Å²) in [5.74, 6) is 8.00. The number of hydrogen-bond acceptors (Lipinski definition) is 6. The zero-order valence-electron chi connectivity index (χ0n) is 25.4. The van der Waals surface area contributed by atoms with Crippen LogP contribution in [0.2, 0.25) is 0 Å². The monoisotopic (exact) mass is 592 g/mol. The Morgan fingerprint density at radius 1 is 0.500 bits per heavy atom. The first-order chi connectivity index (χ1) is 21.2. The minimum absolute atomic E-state index is 0.0681. The number of rotatable bonds is 6. The highest BCUT2D eigenvalue weighted by atomic mass is 16.5. The zero-order valence-corrected chi connectivity index (χ0v) is 25.4. The third-order valence-corrected chi connectivity index (χ3v) is 12.8. The molecule has 6 nitrogen and oxygen atoms in total. The van der Waals surface area contributed by atoms with Crippen LogP contribution in [0.4, 0.5) is 11.4 Å². The summed E-state index contributed by atoms with van der Waals surface area (Å²) in [7, 11) is 0. The van der Waals surface area contributed by atoms with Gasteiger partial charge in [-0.15, -0.1) is 0 Å². The van der Waals surface area contributed by atoms with Gasteiger partial charge < -0.3 is 31.2 Å². The maximum absolute atomic E-state index is 10.1. The van der Waals surface area contributed by atoms with Crippen molar-refractivity contribution < 1.29 is 19.7 Å². The molecular formula is C38H44N2O4. The summed E-state index contributed by atoms with van der Waals surface area (Å²) in [5.41, 5.74) is 15.6. The molecule has 0 unspecified atom stereocenters. The van der Waals surface area contributed by atoms with Crippen molar-refractivity contribution in [1.82, 2.24) is 0 Å². The molecule has 6 N–H and O–H groups in total. The van der Waals surface area contributed by atoms with Crippen LogP contribution in [0, 0.1) is 35.5 Å². The van der Waals surface area contributed by atoms with Crippen LogP contribution in [0.3, 0.4) is 0 Å². The molecule has 3 aromatic rings. The van der Waals surface area contributed by atoms with E-state index in [0.29, 0.717) is 22.9 Å². The van der Waals surface area contributed by atoms with Crippen LogP contribution in [-0.2, 0) is 10.8 Å². The Labute approximate surface area is 259 Å². The molecule has 0 amide bonds. The Kier molecular flexibility index (Phi) is 5.78. The molecule has 0 saturated heterocycles. The molecule has 0 aromatic heterocycles. The Hall–Kier alpha value is -3.54. The number of aromatic hydroxyl groups is 2. The van der Waals surface area contributed by atoms with Gasteiger partial charge in [0.1, 0.15) is 34.5 Å². The first-order valence-corrected chi connectivity index (χ1v) is 16.9. The van der Waals surface area contributed by atoms with E-state index in [4.69, 9.17) is 20.9 Å². The third-order valence-electron chi connectivity index (χ3n) is 12.8. The summed E-state index contributed by atoms with van der Waals surface area (Å²) < 4.78 is 13.8. The van der Waals surface area contributed by atoms with Gasteiger partial charge in [0.05, 0.1) is 11.4 Å². The van der Waals surface area contributed by atoms with Crippen LogP contribution in [0.15, 0.2) is 48.5 Å². The fourth-order valence-corrected chi connectivity index (χ4v) is 11.9. The number of ether oxygens (including phenoxy) is 2. The number of benzene rings is 3. The van der Waals surface area contributed by atoms with Gasteiger partial charge in [-0.25, -0.2) is 0 Å². The minimum atomic E-state index is 0.0681. The quantitative estimate of drug-likeness (QED) is 0.168. The van der Waals surface area contributed by atoms with E-state index >= 15 is 0 Å². The Bertz CT molecular complexity index is 1450. The van der Waals surface area contributed by atoms with Crippen molar-refractivity contribution in [3.8, 4) is 34.5 Å². The van der Waals surface area contributed by atoms with Crippen molar-refractivity contribution in [2.24, 2.45) is 35.5 Å². The van der Waals surface area contributed by atoms with Crippen molar-refractivity contribution in [3.05, 3.63) is 59.7 Å². The maximum atomic E-state index is 10.1. The molecule has 6 heteroatoms. The maximum Gasteiger partial charge on any atom is 0.138 e. The topological polar surface area (TPSA) is 111 Å². The van der Waals surface area contributed by atoms with E-state index in [1.807, 2.05) is 12.1 Å². The van der Waals surface area contributed by atoms with Gasteiger partial charge in [0.25, 0.3) is 0 Å². The molecule has 11 rings (SSSR count). The third kappa shape index (κ3) is 4.27. The highest BCUT2D eigenvalue weighted by Crippen LogP contribution is 2.65. The van der Waals surface area contributed by atoms with Crippen molar-refractivity contribution >= 4 is 11.4 Å². The summed E-state index contributed by atoms with van der Waals surface area (Å²) in [6, 6.07) is 15.1. The summed E-state index contributed by atoms with van der Waals surface area (Å²) in [4.78, 5) is 0. The number of phenols is 2. The van der Waals surface area contributed by atoms with Crippen LogP contribution in [0.5, 0.6) is 34.5 Å². The summed E-state index contributed by atoms with van der Waals surface area (Å²) >= 11 is 0. The molecule has 8 aliphatic carbocycles. The number of nitrogen functional groups attached to an aromatic ring is 2. The second-order valence-electron chi connectivity index (χ2n) is 15.9. The average Bonchev–Trinajstić information content (AvgIpc) is 2.96. The second kappa shape index (κ2) is 9.48. The van der Waals surface area contributed by atoms with E-state index in [9.17, 15) is 10.2 Å². The van der Waals surface area contributed by atoms with Crippen LogP contribution < -0.4 is 20.9 Å². The predicted molar refractivity (Wildman–Crippen MR) is 171 cm³/mol. The van der Waals surface area contributed by atoms with Gasteiger partial charge in [0.2, 0.25) is 0 Å². The van der Waals surface area contributed by atoms with Gasteiger partial charge in [-0.2, -0.15) is 0 Å².